The van der Waals surface area contributed by atoms with Crippen molar-refractivity contribution < 1.29 is 35.1 Å². The molecule has 1 aliphatic rings. The number of unbranched alkanes of at least 4 members (excludes halogenated alkanes) is 4. The lowest BCUT2D eigenvalue weighted by Crippen LogP contribution is -2.68. The average molecular weight is 306 g/mol. The monoisotopic (exact) mass is 306 g/mol. The van der Waals surface area contributed by atoms with E-state index >= 15 is 0 Å². The molecule has 0 radical (unpaired) electrons. The summed E-state index contributed by atoms with van der Waals surface area (Å²) in [5, 5.41) is 48.3. The van der Waals surface area contributed by atoms with E-state index in [0.29, 0.717) is 6.42 Å². The highest BCUT2D eigenvalue weighted by molar-refractivity contribution is 5.86. The van der Waals surface area contributed by atoms with Gasteiger partial charge in [0.05, 0.1) is 6.61 Å². The van der Waals surface area contributed by atoms with Crippen molar-refractivity contribution in [2.45, 2.75) is 75.7 Å². The van der Waals surface area contributed by atoms with Crippen molar-refractivity contribution in [1.82, 2.24) is 0 Å². The van der Waals surface area contributed by atoms with E-state index in [-0.39, 0.29) is 6.42 Å². The maximum absolute atomic E-state index is 12.1. The number of hydrogen-bond donors (Lipinski definition) is 5. The van der Waals surface area contributed by atoms with E-state index in [0.717, 1.165) is 25.7 Å². The first-order valence-corrected chi connectivity index (χ1v) is 7.47. The standard InChI is InChI=1S/C14H26O7/c1-2-3-4-5-6-7-10(16)14(20)13(19)12(18)11(17)9(8-15)21-14/h9,11-13,15,17-20H,2-8H2,1H3/t9-,11-,12+,13-,14+/m1/s1. The Bertz CT molecular complexity index is 333. The Balaban J connectivity index is 2.62. The van der Waals surface area contributed by atoms with Crippen LogP contribution in [0.25, 0.3) is 0 Å². The lowest BCUT2D eigenvalue weighted by molar-refractivity contribution is -0.331. The first-order valence-electron chi connectivity index (χ1n) is 7.47. The Morgan fingerprint density at radius 1 is 1.10 bits per heavy atom. The molecule has 1 aliphatic heterocycles. The summed E-state index contributed by atoms with van der Waals surface area (Å²) >= 11 is 0. The number of carbonyl (C=O) groups excluding carboxylic acids is 1. The molecule has 1 heterocycles. The normalized spacial score (nSPS) is 36.7. The number of hydrogen-bond acceptors (Lipinski definition) is 7. The molecule has 0 aromatic heterocycles. The van der Waals surface area contributed by atoms with Crippen molar-refractivity contribution in [3.63, 3.8) is 0 Å². The molecule has 124 valence electrons. The van der Waals surface area contributed by atoms with Crippen molar-refractivity contribution in [3.8, 4) is 0 Å². The van der Waals surface area contributed by atoms with Crippen LogP contribution >= 0.6 is 0 Å². The zero-order chi connectivity index (χ0) is 16.0. The van der Waals surface area contributed by atoms with Crippen LogP contribution in [0.4, 0.5) is 0 Å². The van der Waals surface area contributed by atoms with Gasteiger partial charge in [-0.2, -0.15) is 0 Å². The highest BCUT2D eigenvalue weighted by Gasteiger charge is 2.56. The van der Waals surface area contributed by atoms with Gasteiger partial charge in [-0.25, -0.2) is 0 Å². The molecule has 0 aromatic carbocycles. The van der Waals surface area contributed by atoms with E-state index < -0.39 is 42.6 Å². The van der Waals surface area contributed by atoms with Crippen LogP contribution in [0.2, 0.25) is 0 Å². The number of aliphatic hydroxyl groups is 5. The molecule has 0 saturated carbocycles. The van der Waals surface area contributed by atoms with Gasteiger partial charge in [0.2, 0.25) is 0 Å². The molecule has 0 aliphatic carbocycles. The molecule has 0 spiro atoms. The molecule has 0 bridgehead atoms. The fourth-order valence-electron chi connectivity index (χ4n) is 2.45. The van der Waals surface area contributed by atoms with E-state index in [9.17, 15) is 25.2 Å². The lowest BCUT2D eigenvalue weighted by Gasteiger charge is -2.44. The topological polar surface area (TPSA) is 127 Å². The number of rotatable bonds is 8. The average Bonchev–Trinajstić information content (AvgIpc) is 2.48. The lowest BCUT2D eigenvalue weighted by atomic mass is 9.88. The zero-order valence-corrected chi connectivity index (χ0v) is 12.3. The Hall–Kier alpha value is -0.570. The van der Waals surface area contributed by atoms with Gasteiger partial charge < -0.3 is 30.3 Å². The molecule has 0 aromatic rings. The van der Waals surface area contributed by atoms with Gasteiger partial charge in [-0.3, -0.25) is 4.79 Å². The predicted octanol–water partition coefficient (Wildman–Crippen LogP) is -0.922. The summed E-state index contributed by atoms with van der Waals surface area (Å²) in [7, 11) is 0. The number of aliphatic hydroxyl groups excluding tert-OH is 4. The summed E-state index contributed by atoms with van der Waals surface area (Å²) in [6, 6.07) is 0. The van der Waals surface area contributed by atoms with Crippen LogP contribution in [0.1, 0.15) is 45.4 Å². The maximum Gasteiger partial charge on any atom is 0.256 e. The second kappa shape index (κ2) is 8.17. The summed E-state index contributed by atoms with van der Waals surface area (Å²) < 4.78 is 4.95. The smallest absolute Gasteiger partial charge is 0.256 e. The fourth-order valence-corrected chi connectivity index (χ4v) is 2.45. The molecule has 1 saturated heterocycles. The quantitative estimate of drug-likeness (QED) is 0.367. The highest BCUT2D eigenvalue weighted by atomic mass is 16.7. The van der Waals surface area contributed by atoms with Crippen molar-refractivity contribution in [1.29, 1.82) is 0 Å². The molecule has 5 atom stereocenters. The number of Topliss-reactive ketones (excluding diaryl/α,β-unsaturated/α-hetero) is 1. The Labute approximate surface area is 124 Å². The van der Waals surface area contributed by atoms with Crippen molar-refractivity contribution in [2.75, 3.05) is 6.61 Å². The third-order valence-corrected chi connectivity index (χ3v) is 3.87. The largest absolute Gasteiger partial charge is 0.394 e. The highest BCUT2D eigenvalue weighted by Crippen LogP contribution is 2.30. The van der Waals surface area contributed by atoms with E-state index in [1.54, 1.807) is 0 Å². The van der Waals surface area contributed by atoms with Crippen molar-refractivity contribution in [3.05, 3.63) is 0 Å². The predicted molar refractivity (Wildman–Crippen MR) is 73.3 cm³/mol. The van der Waals surface area contributed by atoms with Crippen molar-refractivity contribution >= 4 is 5.78 Å². The van der Waals surface area contributed by atoms with Gasteiger partial charge in [0.15, 0.2) is 5.78 Å². The molecule has 0 amide bonds. The number of carbonyl (C=O) groups is 1. The molecule has 1 fully saturated rings. The second-order valence-corrected chi connectivity index (χ2v) is 5.55. The Kier molecular flexibility index (Phi) is 7.19. The molecule has 7 heteroatoms. The van der Waals surface area contributed by atoms with Crippen LogP contribution in [0.5, 0.6) is 0 Å². The molecular formula is C14H26O7. The van der Waals surface area contributed by atoms with Gasteiger partial charge in [0, 0.05) is 6.42 Å². The fraction of sp³-hybridized carbons (Fsp3) is 0.929. The van der Waals surface area contributed by atoms with Crippen LogP contribution in [0, 0.1) is 0 Å². The SMILES string of the molecule is CCCCCCCC(=O)[C@]1(O)O[C@H](CO)[C@@H](O)[C@H](O)[C@H]1O. The third-order valence-electron chi connectivity index (χ3n) is 3.87. The van der Waals surface area contributed by atoms with E-state index in [1.807, 2.05) is 0 Å². The van der Waals surface area contributed by atoms with Gasteiger partial charge in [-0.1, -0.05) is 32.6 Å². The summed E-state index contributed by atoms with van der Waals surface area (Å²) in [5.41, 5.74) is 0. The minimum atomic E-state index is -2.59. The number of ether oxygens (including phenoxy) is 1. The third kappa shape index (κ3) is 4.21. The van der Waals surface area contributed by atoms with Crippen LogP contribution < -0.4 is 0 Å². The van der Waals surface area contributed by atoms with E-state index in [4.69, 9.17) is 9.84 Å². The molecule has 7 nitrogen and oxygen atoms in total. The van der Waals surface area contributed by atoms with Crippen LogP contribution in [0.3, 0.4) is 0 Å². The molecular weight excluding hydrogens is 280 g/mol. The number of ketones is 1. The minimum absolute atomic E-state index is 0.00175. The van der Waals surface area contributed by atoms with Gasteiger partial charge in [0.25, 0.3) is 5.79 Å². The van der Waals surface area contributed by atoms with Crippen molar-refractivity contribution in [2.24, 2.45) is 0 Å². The first-order chi connectivity index (χ1) is 9.88. The summed E-state index contributed by atoms with van der Waals surface area (Å²) in [6.45, 7) is 1.39. The summed E-state index contributed by atoms with van der Waals surface area (Å²) in [6.07, 6.45) is -2.12. The molecule has 21 heavy (non-hydrogen) atoms. The van der Waals surface area contributed by atoms with Gasteiger partial charge in [-0.05, 0) is 6.42 Å². The van der Waals surface area contributed by atoms with Gasteiger partial charge in [-0.15, -0.1) is 0 Å². The second-order valence-electron chi connectivity index (χ2n) is 5.55. The van der Waals surface area contributed by atoms with Crippen LogP contribution in [-0.2, 0) is 9.53 Å². The maximum atomic E-state index is 12.1. The molecule has 5 N–H and O–H groups in total. The Morgan fingerprint density at radius 2 is 1.71 bits per heavy atom. The first kappa shape index (κ1) is 18.5. The van der Waals surface area contributed by atoms with E-state index in [2.05, 4.69) is 6.92 Å². The van der Waals surface area contributed by atoms with Gasteiger partial charge >= 0.3 is 0 Å². The summed E-state index contributed by atoms with van der Waals surface area (Å²) in [4.78, 5) is 12.1. The van der Waals surface area contributed by atoms with Crippen LogP contribution in [0.15, 0.2) is 0 Å². The molecule has 0 unspecified atom stereocenters. The van der Waals surface area contributed by atoms with Crippen LogP contribution in [-0.4, -0.2) is 68.1 Å². The zero-order valence-electron chi connectivity index (χ0n) is 12.3. The molecule has 1 rings (SSSR count). The summed E-state index contributed by atoms with van der Waals surface area (Å²) in [5.74, 6) is -3.34. The Morgan fingerprint density at radius 3 is 2.29 bits per heavy atom. The van der Waals surface area contributed by atoms with E-state index in [1.165, 1.54) is 0 Å². The minimum Gasteiger partial charge on any atom is -0.394 e. The van der Waals surface area contributed by atoms with Gasteiger partial charge in [0.1, 0.15) is 24.4 Å².